The van der Waals surface area contributed by atoms with Gasteiger partial charge in [-0.3, -0.25) is 0 Å². The van der Waals surface area contributed by atoms with Crippen LogP contribution in [0, 0.1) is 0 Å². The van der Waals surface area contributed by atoms with Crippen LogP contribution in [-0.2, 0) is 11.2 Å². The van der Waals surface area contributed by atoms with E-state index in [2.05, 4.69) is 22.5 Å². The SMILES string of the molecule is C=C(Br)C(N)(Cc1ccc(O)c(O)c1)C(=O)O. The Hall–Kier alpha value is -1.53. The summed E-state index contributed by atoms with van der Waals surface area (Å²) >= 11 is 2.98. The summed E-state index contributed by atoms with van der Waals surface area (Å²) in [7, 11) is 0. The molecule has 0 heterocycles. The van der Waals surface area contributed by atoms with E-state index in [1.54, 1.807) is 0 Å². The molecule has 0 saturated carbocycles. The number of phenols is 2. The molecule has 1 atom stereocenters. The Morgan fingerprint density at radius 3 is 2.41 bits per heavy atom. The van der Waals surface area contributed by atoms with Gasteiger partial charge in [-0.15, -0.1) is 0 Å². The van der Waals surface area contributed by atoms with E-state index >= 15 is 0 Å². The van der Waals surface area contributed by atoms with Crippen molar-refractivity contribution in [3.63, 3.8) is 0 Å². The lowest BCUT2D eigenvalue weighted by atomic mass is 9.92. The number of hydrogen-bond donors (Lipinski definition) is 4. The van der Waals surface area contributed by atoms with Gasteiger partial charge < -0.3 is 21.1 Å². The Labute approximate surface area is 106 Å². The second-order valence-electron chi connectivity index (χ2n) is 3.68. The molecule has 0 radical (unpaired) electrons. The fourth-order valence-electron chi connectivity index (χ4n) is 1.29. The third-order valence-corrected chi connectivity index (χ3v) is 3.10. The molecule has 0 spiro atoms. The van der Waals surface area contributed by atoms with Crippen LogP contribution in [0.2, 0.25) is 0 Å². The number of carbonyl (C=O) groups is 1. The first kappa shape index (κ1) is 13.5. The van der Waals surface area contributed by atoms with E-state index in [9.17, 15) is 9.90 Å². The van der Waals surface area contributed by atoms with Gasteiger partial charge in [0.25, 0.3) is 0 Å². The van der Waals surface area contributed by atoms with E-state index in [0.29, 0.717) is 5.56 Å². The maximum atomic E-state index is 11.1. The summed E-state index contributed by atoms with van der Waals surface area (Å²) in [5, 5.41) is 27.5. The molecule has 6 heteroatoms. The van der Waals surface area contributed by atoms with Gasteiger partial charge in [-0.2, -0.15) is 0 Å². The Morgan fingerprint density at radius 1 is 1.41 bits per heavy atom. The van der Waals surface area contributed by atoms with Crippen LogP contribution in [0.15, 0.2) is 29.3 Å². The minimum atomic E-state index is -1.66. The Balaban J connectivity index is 3.07. The fraction of sp³-hybridized carbons (Fsp3) is 0.182. The van der Waals surface area contributed by atoms with E-state index in [1.807, 2.05) is 0 Å². The number of rotatable bonds is 4. The fourth-order valence-corrected chi connectivity index (χ4v) is 1.60. The minimum absolute atomic E-state index is 0.0553. The maximum absolute atomic E-state index is 11.1. The van der Waals surface area contributed by atoms with Crippen LogP contribution in [0.25, 0.3) is 0 Å². The van der Waals surface area contributed by atoms with Crippen molar-refractivity contribution in [2.75, 3.05) is 0 Å². The second kappa shape index (κ2) is 4.77. The summed E-state index contributed by atoms with van der Waals surface area (Å²) in [4.78, 5) is 11.1. The monoisotopic (exact) mass is 301 g/mol. The molecular weight excluding hydrogens is 290 g/mol. The quantitative estimate of drug-likeness (QED) is 0.628. The van der Waals surface area contributed by atoms with Gasteiger partial charge in [0.1, 0.15) is 5.54 Å². The highest BCUT2D eigenvalue weighted by atomic mass is 79.9. The molecule has 1 aromatic rings. The van der Waals surface area contributed by atoms with Gasteiger partial charge >= 0.3 is 5.97 Å². The molecule has 5 nitrogen and oxygen atoms in total. The summed E-state index contributed by atoms with van der Waals surface area (Å²) in [5.41, 5.74) is 4.53. The number of aromatic hydroxyl groups is 2. The van der Waals surface area contributed by atoms with Crippen molar-refractivity contribution in [2.45, 2.75) is 12.0 Å². The summed E-state index contributed by atoms with van der Waals surface area (Å²) in [6.07, 6.45) is -0.0553. The molecule has 1 rings (SSSR count). The molecule has 0 bridgehead atoms. The number of aliphatic carboxylic acids is 1. The predicted octanol–water partition coefficient (Wildman–Crippen LogP) is 1.33. The van der Waals surface area contributed by atoms with Crippen LogP contribution >= 0.6 is 15.9 Å². The van der Waals surface area contributed by atoms with Crippen LogP contribution in [0.4, 0.5) is 0 Å². The molecule has 0 aliphatic rings. The van der Waals surface area contributed by atoms with Gasteiger partial charge in [0.15, 0.2) is 11.5 Å². The molecule has 17 heavy (non-hydrogen) atoms. The molecule has 0 fully saturated rings. The zero-order valence-corrected chi connectivity index (χ0v) is 10.4. The number of hydrogen-bond acceptors (Lipinski definition) is 4. The van der Waals surface area contributed by atoms with E-state index in [0.717, 1.165) is 0 Å². The van der Waals surface area contributed by atoms with Crippen LogP contribution < -0.4 is 5.73 Å². The van der Waals surface area contributed by atoms with E-state index in [1.165, 1.54) is 18.2 Å². The Kier molecular flexibility index (Phi) is 3.79. The predicted molar refractivity (Wildman–Crippen MR) is 66.1 cm³/mol. The van der Waals surface area contributed by atoms with Crippen LogP contribution in [0.5, 0.6) is 11.5 Å². The number of phenolic OH excluding ortho intramolecular Hbond substituents is 2. The lowest BCUT2D eigenvalue weighted by Gasteiger charge is -2.24. The number of carboxylic acids is 1. The molecule has 1 aromatic carbocycles. The van der Waals surface area contributed by atoms with Crippen molar-refractivity contribution in [1.82, 2.24) is 0 Å². The Morgan fingerprint density at radius 2 is 2.00 bits per heavy atom. The topological polar surface area (TPSA) is 104 Å². The van der Waals surface area contributed by atoms with Crippen molar-refractivity contribution in [3.05, 3.63) is 34.8 Å². The first-order valence-electron chi connectivity index (χ1n) is 4.65. The zero-order valence-electron chi connectivity index (χ0n) is 8.85. The molecule has 0 aliphatic carbocycles. The standard InChI is InChI=1S/C11H12BrNO4/c1-6(12)11(13,10(16)17)5-7-2-3-8(14)9(15)4-7/h2-4,14-15H,1,5,13H2,(H,16,17). The van der Waals surface area contributed by atoms with E-state index < -0.39 is 11.5 Å². The molecule has 0 aliphatic heterocycles. The van der Waals surface area contributed by atoms with Crippen molar-refractivity contribution in [2.24, 2.45) is 5.73 Å². The van der Waals surface area contributed by atoms with Crippen LogP contribution in [0.1, 0.15) is 5.56 Å². The maximum Gasteiger partial charge on any atom is 0.329 e. The minimum Gasteiger partial charge on any atom is -0.504 e. The van der Waals surface area contributed by atoms with Gasteiger partial charge in [0, 0.05) is 10.9 Å². The molecule has 0 aromatic heterocycles. The highest BCUT2D eigenvalue weighted by Gasteiger charge is 2.36. The molecule has 0 amide bonds. The molecular formula is C11H12BrNO4. The van der Waals surface area contributed by atoms with E-state index in [-0.39, 0.29) is 22.4 Å². The van der Waals surface area contributed by atoms with Crippen molar-refractivity contribution < 1.29 is 20.1 Å². The van der Waals surface area contributed by atoms with E-state index in [4.69, 9.17) is 15.9 Å². The van der Waals surface area contributed by atoms with Crippen molar-refractivity contribution >= 4 is 21.9 Å². The number of carboxylic acid groups (broad SMARTS) is 1. The van der Waals surface area contributed by atoms with Gasteiger partial charge in [-0.25, -0.2) is 4.79 Å². The molecule has 0 saturated heterocycles. The third-order valence-electron chi connectivity index (χ3n) is 2.39. The van der Waals surface area contributed by atoms with Crippen LogP contribution in [-0.4, -0.2) is 26.8 Å². The Bertz CT molecular complexity index is 459. The lowest BCUT2D eigenvalue weighted by molar-refractivity contribution is -0.141. The highest BCUT2D eigenvalue weighted by molar-refractivity contribution is 9.11. The van der Waals surface area contributed by atoms with Gasteiger partial charge in [0.2, 0.25) is 0 Å². The van der Waals surface area contributed by atoms with Crippen molar-refractivity contribution in [1.29, 1.82) is 0 Å². The normalized spacial score (nSPS) is 14.0. The molecule has 92 valence electrons. The second-order valence-corrected chi connectivity index (χ2v) is 4.64. The number of benzene rings is 1. The average molecular weight is 302 g/mol. The molecule has 5 N–H and O–H groups in total. The number of nitrogens with two attached hydrogens (primary N) is 1. The van der Waals surface area contributed by atoms with Gasteiger partial charge in [0.05, 0.1) is 0 Å². The first-order valence-corrected chi connectivity index (χ1v) is 5.44. The number of halogens is 1. The van der Waals surface area contributed by atoms with Gasteiger partial charge in [-0.1, -0.05) is 28.6 Å². The zero-order chi connectivity index (χ0) is 13.2. The van der Waals surface area contributed by atoms with Crippen molar-refractivity contribution in [3.8, 4) is 11.5 Å². The smallest absolute Gasteiger partial charge is 0.329 e. The largest absolute Gasteiger partial charge is 0.504 e. The van der Waals surface area contributed by atoms with Crippen LogP contribution in [0.3, 0.4) is 0 Å². The average Bonchev–Trinajstić information content (AvgIpc) is 2.22. The molecule has 1 unspecified atom stereocenters. The lowest BCUT2D eigenvalue weighted by Crippen LogP contribution is -2.50. The first-order chi connectivity index (χ1) is 7.77. The third kappa shape index (κ3) is 2.78. The summed E-state index contributed by atoms with van der Waals surface area (Å²) in [5.74, 6) is -1.83. The summed E-state index contributed by atoms with van der Waals surface area (Å²) < 4.78 is 0.130. The summed E-state index contributed by atoms with van der Waals surface area (Å²) in [6.45, 7) is 3.48. The highest BCUT2D eigenvalue weighted by Crippen LogP contribution is 2.29. The van der Waals surface area contributed by atoms with Gasteiger partial charge in [-0.05, 0) is 17.7 Å². The summed E-state index contributed by atoms with van der Waals surface area (Å²) in [6, 6.07) is 4.01.